The first-order valence-electron chi connectivity index (χ1n) is 3.17. The van der Waals surface area contributed by atoms with Gasteiger partial charge in [-0.1, -0.05) is 0 Å². The third-order valence-electron chi connectivity index (χ3n) is 1.29. The Morgan fingerprint density at radius 3 is 1.38 bits per heavy atom. The second kappa shape index (κ2) is 3.85. The van der Waals surface area contributed by atoms with E-state index < -0.39 is 36.4 Å². The van der Waals surface area contributed by atoms with Crippen molar-refractivity contribution in [3.63, 3.8) is 0 Å². The monoisotopic (exact) mass is 193 g/mol. The Balaban J connectivity index is 4.62. The molecule has 0 bridgehead atoms. The Hall–Kier alpha value is -1.63. The fourth-order valence-electron chi connectivity index (χ4n) is 0.714. The lowest BCUT2D eigenvalue weighted by Gasteiger charge is -2.18. The van der Waals surface area contributed by atoms with E-state index in [1.165, 1.54) is 0 Å². The van der Waals surface area contributed by atoms with Crippen LogP contribution in [0.5, 0.6) is 0 Å². The maximum atomic E-state index is 10.3. The van der Waals surface area contributed by atoms with Crippen LogP contribution in [0.1, 0.15) is 12.8 Å². The van der Waals surface area contributed by atoms with Crippen LogP contribution >= 0.6 is 0 Å². The van der Waals surface area contributed by atoms with Crippen LogP contribution in [0.4, 0.5) is 0 Å². The fourth-order valence-corrected chi connectivity index (χ4v) is 0.714. The number of aliphatic carboxylic acids is 3. The standard InChI is InChI=1S/C6H8O7/c7-3(8)1-6(13,5(11)12)2-4(9)10/h13H,1-2H2,(H,7,8)(H,9,10)(H,11,12)/i3+1. The highest BCUT2D eigenvalue weighted by Crippen LogP contribution is 2.15. The topological polar surface area (TPSA) is 132 Å². The molecule has 0 aromatic rings. The molecule has 0 aliphatic rings. The van der Waals surface area contributed by atoms with Gasteiger partial charge in [0, 0.05) is 0 Å². The second-order valence-electron chi connectivity index (χ2n) is 2.48. The first kappa shape index (κ1) is 11.4. The Bertz CT molecular complexity index is 227. The van der Waals surface area contributed by atoms with E-state index in [2.05, 4.69) is 0 Å². The van der Waals surface area contributed by atoms with Crippen molar-refractivity contribution in [3.8, 4) is 0 Å². The van der Waals surface area contributed by atoms with Gasteiger partial charge in [0.25, 0.3) is 0 Å². The van der Waals surface area contributed by atoms with Gasteiger partial charge in [-0.25, -0.2) is 4.79 Å². The third kappa shape index (κ3) is 3.52. The average Bonchev–Trinajstić information content (AvgIpc) is 1.82. The zero-order valence-electron chi connectivity index (χ0n) is 6.43. The smallest absolute Gasteiger partial charge is 0.336 e. The number of hydrogen-bond donors (Lipinski definition) is 4. The van der Waals surface area contributed by atoms with Crippen LogP contribution in [0, 0.1) is 0 Å². The fraction of sp³-hybridized carbons (Fsp3) is 0.500. The molecule has 0 spiro atoms. The number of rotatable bonds is 5. The van der Waals surface area contributed by atoms with E-state index in [0.717, 1.165) is 0 Å². The minimum Gasteiger partial charge on any atom is -0.481 e. The molecule has 0 heterocycles. The van der Waals surface area contributed by atoms with Gasteiger partial charge in [-0.05, 0) is 0 Å². The van der Waals surface area contributed by atoms with Crippen molar-refractivity contribution >= 4 is 17.9 Å². The summed E-state index contributed by atoms with van der Waals surface area (Å²) in [6.45, 7) is 0. The maximum Gasteiger partial charge on any atom is 0.336 e. The minimum atomic E-state index is -2.74. The zero-order chi connectivity index (χ0) is 10.6. The van der Waals surface area contributed by atoms with E-state index in [1.807, 2.05) is 0 Å². The van der Waals surface area contributed by atoms with E-state index in [9.17, 15) is 14.4 Å². The number of carboxylic acids is 3. The highest BCUT2D eigenvalue weighted by molar-refractivity contribution is 5.88. The summed E-state index contributed by atoms with van der Waals surface area (Å²) in [5.74, 6) is -5.02. The van der Waals surface area contributed by atoms with Gasteiger partial charge in [0.05, 0.1) is 12.8 Å². The van der Waals surface area contributed by atoms with Crippen LogP contribution in [0.3, 0.4) is 0 Å². The molecule has 0 radical (unpaired) electrons. The Morgan fingerprint density at radius 2 is 1.23 bits per heavy atom. The predicted molar refractivity (Wildman–Crippen MR) is 37.1 cm³/mol. The van der Waals surface area contributed by atoms with Gasteiger partial charge in [-0.2, -0.15) is 0 Å². The number of aliphatic hydroxyl groups is 1. The van der Waals surface area contributed by atoms with Crippen LogP contribution in [0.25, 0.3) is 0 Å². The molecule has 0 rings (SSSR count). The molecule has 7 nitrogen and oxygen atoms in total. The van der Waals surface area contributed by atoms with Crippen molar-refractivity contribution < 1.29 is 34.8 Å². The molecule has 0 aromatic carbocycles. The first-order valence-corrected chi connectivity index (χ1v) is 3.17. The highest BCUT2D eigenvalue weighted by Gasteiger charge is 2.40. The van der Waals surface area contributed by atoms with Crippen LogP contribution < -0.4 is 0 Å². The van der Waals surface area contributed by atoms with E-state index in [1.54, 1.807) is 0 Å². The van der Waals surface area contributed by atoms with Gasteiger partial charge < -0.3 is 20.4 Å². The number of carboxylic acid groups (broad SMARTS) is 3. The largest absolute Gasteiger partial charge is 0.481 e. The van der Waals surface area contributed by atoms with E-state index in [0.29, 0.717) is 0 Å². The maximum absolute atomic E-state index is 10.3. The molecule has 1 atom stereocenters. The van der Waals surface area contributed by atoms with Crippen LogP contribution in [0.15, 0.2) is 0 Å². The van der Waals surface area contributed by atoms with Crippen molar-refractivity contribution in [2.75, 3.05) is 0 Å². The van der Waals surface area contributed by atoms with Crippen LogP contribution in [-0.4, -0.2) is 43.9 Å². The summed E-state index contributed by atoms with van der Waals surface area (Å²) in [6.07, 6.45) is -2.29. The molecular formula is C6H8O7. The molecule has 0 aliphatic carbocycles. The van der Waals surface area contributed by atoms with Crippen molar-refractivity contribution in [1.82, 2.24) is 0 Å². The van der Waals surface area contributed by atoms with Crippen molar-refractivity contribution in [3.05, 3.63) is 0 Å². The van der Waals surface area contributed by atoms with E-state index in [4.69, 9.17) is 20.4 Å². The molecule has 4 N–H and O–H groups in total. The lowest BCUT2D eigenvalue weighted by atomic mass is 9.99. The number of carbonyl (C=O) groups is 3. The average molecular weight is 193 g/mol. The zero-order valence-corrected chi connectivity index (χ0v) is 6.43. The molecule has 0 aliphatic heterocycles. The third-order valence-corrected chi connectivity index (χ3v) is 1.29. The summed E-state index contributed by atoms with van der Waals surface area (Å²) < 4.78 is 0. The summed E-state index contributed by atoms with van der Waals surface area (Å²) in [5, 5.41) is 33.8. The molecule has 1 unspecified atom stereocenters. The first-order chi connectivity index (χ1) is 5.78. The SMILES string of the molecule is O=C(O)CC(O)(C[13C](=O)O)C(=O)O. The van der Waals surface area contributed by atoms with Crippen LogP contribution in [0.2, 0.25) is 0 Å². The van der Waals surface area contributed by atoms with Gasteiger partial charge in [-0.15, -0.1) is 0 Å². The minimum absolute atomic E-state index is 1.14. The molecule has 13 heavy (non-hydrogen) atoms. The van der Waals surface area contributed by atoms with Gasteiger partial charge in [-0.3, -0.25) is 9.59 Å². The molecule has 74 valence electrons. The normalized spacial score (nSPS) is 14.5. The summed E-state index contributed by atoms with van der Waals surface area (Å²) in [5.41, 5.74) is -2.74. The van der Waals surface area contributed by atoms with Gasteiger partial charge in [0.2, 0.25) is 0 Å². The lowest BCUT2D eigenvalue weighted by molar-refractivity contribution is -0.170. The molecule has 0 saturated carbocycles. The van der Waals surface area contributed by atoms with Crippen molar-refractivity contribution in [2.24, 2.45) is 0 Å². The molecule has 7 heteroatoms. The molecule has 0 fully saturated rings. The summed E-state index contributed by atoms with van der Waals surface area (Å²) in [7, 11) is 0. The highest BCUT2D eigenvalue weighted by atomic mass is 16.5. The van der Waals surface area contributed by atoms with E-state index in [-0.39, 0.29) is 0 Å². The number of hydrogen-bond acceptors (Lipinski definition) is 4. The quantitative estimate of drug-likeness (QED) is 0.401. The Kier molecular flexibility index (Phi) is 3.37. The van der Waals surface area contributed by atoms with Gasteiger partial charge in [0.15, 0.2) is 5.60 Å². The summed E-state index contributed by atoms with van der Waals surface area (Å²) in [6, 6.07) is 0. The molecule has 0 aromatic heterocycles. The predicted octanol–water partition coefficient (Wildman–Crippen LogP) is -1.25. The summed E-state index contributed by atoms with van der Waals surface area (Å²) in [4.78, 5) is 30.5. The van der Waals surface area contributed by atoms with E-state index >= 15 is 0 Å². The second-order valence-corrected chi connectivity index (χ2v) is 2.48. The van der Waals surface area contributed by atoms with Gasteiger partial charge in [0.1, 0.15) is 0 Å². The Morgan fingerprint density at radius 1 is 0.923 bits per heavy atom. The Labute approximate surface area is 72.2 Å². The summed E-state index contributed by atoms with van der Waals surface area (Å²) >= 11 is 0. The van der Waals surface area contributed by atoms with Crippen molar-refractivity contribution in [1.29, 1.82) is 0 Å². The van der Waals surface area contributed by atoms with Gasteiger partial charge >= 0.3 is 17.9 Å². The lowest BCUT2D eigenvalue weighted by Crippen LogP contribution is -2.42. The molecule has 0 amide bonds. The molecular weight excluding hydrogens is 185 g/mol. The van der Waals surface area contributed by atoms with Crippen molar-refractivity contribution in [2.45, 2.75) is 18.4 Å². The van der Waals surface area contributed by atoms with Crippen LogP contribution in [-0.2, 0) is 14.4 Å². The molecule has 0 saturated heterocycles.